The first-order valence-electron chi connectivity index (χ1n) is 8.40. The van der Waals surface area contributed by atoms with Crippen molar-refractivity contribution < 1.29 is 8.76 Å². The number of aromatic nitrogens is 2. The Hall–Kier alpha value is -2.38. The predicted octanol–water partition coefficient (Wildman–Crippen LogP) is 4.94. The first kappa shape index (κ1) is 19.4. The highest BCUT2D eigenvalue weighted by molar-refractivity contribution is 7.79. The number of fused-ring (bicyclic) bond motifs is 1. The van der Waals surface area contributed by atoms with E-state index < -0.39 is 16.3 Å². The summed E-state index contributed by atoms with van der Waals surface area (Å²) in [5.74, 6) is 0.837. The maximum Gasteiger partial charge on any atom is 0.165 e. The van der Waals surface area contributed by atoms with Gasteiger partial charge in [0.25, 0.3) is 0 Å². The Balaban J connectivity index is 1.98. The van der Waals surface area contributed by atoms with E-state index >= 15 is 0 Å². The van der Waals surface area contributed by atoms with Crippen LogP contribution in [0.25, 0.3) is 21.5 Å². The van der Waals surface area contributed by atoms with Crippen molar-refractivity contribution >= 4 is 33.7 Å². The van der Waals surface area contributed by atoms with Crippen LogP contribution in [0.15, 0.2) is 41.5 Å². The van der Waals surface area contributed by atoms with Gasteiger partial charge in [0, 0.05) is 22.9 Å². The van der Waals surface area contributed by atoms with Crippen molar-refractivity contribution in [2.45, 2.75) is 25.0 Å². The summed E-state index contributed by atoms with van der Waals surface area (Å²) in [6.07, 6.45) is 1.37. The molecule has 0 radical (unpaired) electrons. The molecular weight excluding hydrogens is 386 g/mol. The molecule has 9 heteroatoms. The van der Waals surface area contributed by atoms with Crippen molar-refractivity contribution in [3.05, 3.63) is 74.4 Å². The van der Waals surface area contributed by atoms with E-state index in [1.54, 1.807) is 24.3 Å². The van der Waals surface area contributed by atoms with Gasteiger partial charge in [-0.15, -0.1) is 0 Å². The molecule has 0 aliphatic carbocycles. The van der Waals surface area contributed by atoms with E-state index in [0.717, 1.165) is 28.8 Å². The summed E-state index contributed by atoms with van der Waals surface area (Å²) in [6, 6.07) is 10.8. The van der Waals surface area contributed by atoms with E-state index in [4.69, 9.17) is 17.1 Å². The molecule has 0 saturated carbocycles. The van der Waals surface area contributed by atoms with Crippen LogP contribution in [-0.2, 0) is 23.9 Å². The molecule has 2 atom stereocenters. The Morgan fingerprint density at radius 2 is 2.11 bits per heavy atom. The van der Waals surface area contributed by atoms with E-state index in [9.17, 15) is 8.76 Å². The van der Waals surface area contributed by atoms with Crippen molar-refractivity contribution in [1.82, 2.24) is 9.97 Å². The second-order valence-electron chi connectivity index (χ2n) is 6.03. The number of benzene rings is 2. The molecule has 27 heavy (non-hydrogen) atoms. The minimum absolute atomic E-state index is 0.368. The molecule has 0 amide bonds. The van der Waals surface area contributed by atoms with Gasteiger partial charge in [-0.2, -0.15) is 0 Å². The molecule has 1 aromatic heterocycles. The summed E-state index contributed by atoms with van der Waals surface area (Å²) in [5.41, 5.74) is 12.1. The average Bonchev–Trinajstić information content (AvgIpc) is 3.05. The first-order valence-corrected chi connectivity index (χ1v) is 9.95. The van der Waals surface area contributed by atoms with Gasteiger partial charge < -0.3 is 9.54 Å². The van der Waals surface area contributed by atoms with E-state index in [0.29, 0.717) is 29.1 Å². The van der Waals surface area contributed by atoms with Crippen LogP contribution in [0.2, 0.25) is 5.02 Å². The molecule has 1 heterocycles. The van der Waals surface area contributed by atoms with Crippen LogP contribution in [0.4, 0.5) is 0 Å². The molecule has 2 N–H and O–H groups in total. The van der Waals surface area contributed by atoms with Crippen molar-refractivity contribution in [2.24, 2.45) is 5.11 Å². The minimum atomic E-state index is -2.15. The van der Waals surface area contributed by atoms with E-state index in [-0.39, 0.29) is 0 Å². The molecule has 0 bridgehead atoms. The Morgan fingerprint density at radius 3 is 2.74 bits per heavy atom. The first-order chi connectivity index (χ1) is 13.0. The van der Waals surface area contributed by atoms with E-state index in [2.05, 4.69) is 20.0 Å². The second-order valence-corrected chi connectivity index (χ2v) is 7.46. The lowest BCUT2D eigenvalue weighted by molar-refractivity contribution is 0.557. The predicted molar refractivity (Wildman–Crippen MR) is 107 cm³/mol. The van der Waals surface area contributed by atoms with Gasteiger partial charge >= 0.3 is 0 Å². The maximum absolute atomic E-state index is 12.1. The average molecular weight is 404 g/mol. The number of rotatable bonds is 7. The number of aromatic amines is 1. The van der Waals surface area contributed by atoms with Gasteiger partial charge in [-0.05, 0) is 40.8 Å². The number of hydrogen-bond donors (Lipinski definition) is 2. The fraction of sp³-hybridized carbons (Fsp3) is 0.278. The number of aryl methyl sites for hydroxylation is 1. The molecule has 3 rings (SSSR count). The summed E-state index contributed by atoms with van der Waals surface area (Å²) >= 11 is 4.26. The monoisotopic (exact) mass is 403 g/mol. The molecule has 7 nitrogen and oxygen atoms in total. The lowest BCUT2D eigenvalue weighted by atomic mass is 10.0. The standard InChI is InChI=1S/C18H18ClN5O2S/c1-2-17-22-15-9-13(14(19)10-16(15)23-17)18(27(25)26)12-5-3-11(4-6-12)7-8-21-24-20/h3-6,9-10,18H,2,7-8H2,1H3,(H,22,23)(H,25,26). The summed E-state index contributed by atoms with van der Waals surface area (Å²) < 4.78 is 22.1. The fourth-order valence-corrected chi connectivity index (χ4v) is 4.09. The summed E-state index contributed by atoms with van der Waals surface area (Å²) in [4.78, 5) is 10.4. The van der Waals surface area contributed by atoms with Crippen LogP contribution >= 0.6 is 11.6 Å². The number of H-pyrrole nitrogens is 1. The molecule has 0 fully saturated rings. The Bertz CT molecular complexity index is 1030. The molecule has 140 valence electrons. The zero-order valence-electron chi connectivity index (χ0n) is 14.6. The number of nitrogens with one attached hydrogen (secondary N) is 1. The number of imidazole rings is 1. The number of hydrogen-bond acceptors (Lipinski definition) is 3. The highest BCUT2D eigenvalue weighted by Gasteiger charge is 2.24. The van der Waals surface area contributed by atoms with E-state index in [1.807, 2.05) is 19.1 Å². The van der Waals surface area contributed by atoms with Crippen molar-refractivity contribution in [3.63, 3.8) is 0 Å². The summed E-state index contributed by atoms with van der Waals surface area (Å²) in [6.45, 7) is 2.36. The van der Waals surface area contributed by atoms with Gasteiger partial charge in [-0.25, -0.2) is 9.19 Å². The summed E-state index contributed by atoms with van der Waals surface area (Å²) in [5, 5.41) is 3.14. The highest BCUT2D eigenvalue weighted by Crippen LogP contribution is 2.35. The lowest BCUT2D eigenvalue weighted by Gasteiger charge is -2.16. The number of nitrogens with zero attached hydrogens (tertiary/aromatic N) is 4. The highest BCUT2D eigenvalue weighted by atomic mass is 35.5. The summed E-state index contributed by atoms with van der Waals surface area (Å²) in [7, 11) is 0. The van der Waals surface area contributed by atoms with Gasteiger partial charge in [0.1, 0.15) is 11.1 Å². The fourth-order valence-electron chi connectivity index (χ4n) is 2.96. The zero-order valence-corrected chi connectivity index (χ0v) is 16.2. The second kappa shape index (κ2) is 8.54. The Labute approximate surface area is 163 Å². The molecule has 0 aliphatic heterocycles. The molecule has 0 spiro atoms. The number of azide groups is 1. The van der Waals surface area contributed by atoms with Crippen LogP contribution in [0.3, 0.4) is 0 Å². The molecule has 2 unspecified atom stereocenters. The molecule has 3 aromatic rings. The third-order valence-electron chi connectivity index (χ3n) is 4.31. The van der Waals surface area contributed by atoms with E-state index in [1.165, 1.54) is 0 Å². The van der Waals surface area contributed by atoms with Crippen LogP contribution in [-0.4, -0.2) is 25.3 Å². The quantitative estimate of drug-likeness (QED) is 0.252. The molecule has 0 aliphatic rings. The van der Waals surface area contributed by atoms with Crippen LogP contribution < -0.4 is 0 Å². The van der Waals surface area contributed by atoms with Gasteiger partial charge in [-0.1, -0.05) is 47.9 Å². The smallest absolute Gasteiger partial charge is 0.165 e. The lowest BCUT2D eigenvalue weighted by Crippen LogP contribution is -2.08. The van der Waals surface area contributed by atoms with Crippen molar-refractivity contribution in [3.8, 4) is 0 Å². The minimum Gasteiger partial charge on any atom is -0.342 e. The Kier molecular flexibility index (Phi) is 6.13. The number of halogens is 1. The van der Waals surface area contributed by atoms with Crippen molar-refractivity contribution in [2.75, 3.05) is 6.54 Å². The van der Waals surface area contributed by atoms with Gasteiger partial charge in [0.15, 0.2) is 11.1 Å². The molecular formula is C18H18ClN5O2S. The Morgan fingerprint density at radius 1 is 1.37 bits per heavy atom. The normalized spacial score (nSPS) is 13.3. The van der Waals surface area contributed by atoms with Gasteiger partial charge in [0.2, 0.25) is 0 Å². The van der Waals surface area contributed by atoms with Crippen molar-refractivity contribution in [1.29, 1.82) is 0 Å². The largest absolute Gasteiger partial charge is 0.342 e. The van der Waals surface area contributed by atoms with Crippen LogP contribution in [0.5, 0.6) is 0 Å². The third-order valence-corrected chi connectivity index (χ3v) is 5.57. The topological polar surface area (TPSA) is 115 Å². The maximum atomic E-state index is 12.1. The van der Waals surface area contributed by atoms with Gasteiger partial charge in [0.05, 0.1) is 11.0 Å². The van der Waals surface area contributed by atoms with Gasteiger partial charge in [-0.3, -0.25) is 0 Å². The third kappa shape index (κ3) is 4.31. The molecule has 0 saturated heterocycles. The van der Waals surface area contributed by atoms with Crippen LogP contribution in [0.1, 0.15) is 34.7 Å². The van der Waals surface area contributed by atoms with Crippen LogP contribution in [0, 0.1) is 0 Å². The molecule has 2 aromatic carbocycles. The zero-order chi connectivity index (χ0) is 19.4. The SMILES string of the molecule is CCc1nc2cc(Cl)c(C(c3ccc(CCN=[N+]=[N-])cc3)S(=O)O)cc2[nH]1.